The summed E-state index contributed by atoms with van der Waals surface area (Å²) in [5.74, 6) is 0.845. The predicted molar refractivity (Wildman–Crippen MR) is 75.5 cm³/mol. The SMILES string of the molecule is COc1c(Cl)cc(CC(C)C(CN)CO)cc1Cl. The van der Waals surface area contributed by atoms with Gasteiger partial charge in [0.25, 0.3) is 0 Å². The molecule has 0 amide bonds. The second-order valence-electron chi connectivity index (χ2n) is 4.45. The summed E-state index contributed by atoms with van der Waals surface area (Å²) < 4.78 is 5.10. The Morgan fingerprint density at radius 3 is 2.28 bits per heavy atom. The minimum atomic E-state index is 0.0876. The molecule has 1 aromatic carbocycles. The third-order valence-corrected chi connectivity index (χ3v) is 3.72. The molecule has 0 aliphatic carbocycles. The molecule has 1 aromatic rings. The first-order valence-corrected chi connectivity index (χ1v) is 6.61. The van der Waals surface area contributed by atoms with Crippen molar-refractivity contribution >= 4 is 23.2 Å². The van der Waals surface area contributed by atoms with Crippen LogP contribution in [-0.2, 0) is 6.42 Å². The first-order chi connectivity index (χ1) is 8.53. The van der Waals surface area contributed by atoms with Crippen molar-refractivity contribution in [1.82, 2.24) is 0 Å². The Morgan fingerprint density at radius 1 is 1.33 bits per heavy atom. The fourth-order valence-corrected chi connectivity index (χ4v) is 2.64. The summed E-state index contributed by atoms with van der Waals surface area (Å²) in [6, 6.07) is 3.68. The number of hydrogen-bond donors (Lipinski definition) is 2. The molecule has 3 N–H and O–H groups in total. The van der Waals surface area contributed by atoms with E-state index in [4.69, 9.17) is 33.7 Å². The van der Waals surface area contributed by atoms with Crippen LogP contribution in [0.25, 0.3) is 0 Å². The minimum Gasteiger partial charge on any atom is -0.494 e. The summed E-state index contributed by atoms with van der Waals surface area (Å²) in [4.78, 5) is 0. The Morgan fingerprint density at radius 2 is 1.89 bits per heavy atom. The summed E-state index contributed by atoms with van der Waals surface area (Å²) in [6.45, 7) is 2.62. The van der Waals surface area contributed by atoms with Crippen molar-refractivity contribution in [3.8, 4) is 5.75 Å². The fraction of sp³-hybridized carbons (Fsp3) is 0.538. The molecule has 0 aliphatic rings. The van der Waals surface area contributed by atoms with Crippen LogP contribution < -0.4 is 10.5 Å². The van der Waals surface area contributed by atoms with Gasteiger partial charge in [0.05, 0.1) is 17.2 Å². The van der Waals surface area contributed by atoms with E-state index in [2.05, 4.69) is 6.92 Å². The Bertz CT molecular complexity index is 372. The molecule has 0 saturated heterocycles. The van der Waals surface area contributed by atoms with Gasteiger partial charge in [0.2, 0.25) is 0 Å². The summed E-state index contributed by atoms with van der Waals surface area (Å²) in [7, 11) is 1.53. The van der Waals surface area contributed by atoms with Gasteiger partial charge in [-0.3, -0.25) is 0 Å². The van der Waals surface area contributed by atoms with E-state index in [0.717, 1.165) is 12.0 Å². The maximum absolute atomic E-state index is 9.21. The first kappa shape index (κ1) is 15.6. The normalized spacial score (nSPS) is 14.3. The molecule has 102 valence electrons. The van der Waals surface area contributed by atoms with E-state index in [-0.39, 0.29) is 18.4 Å². The van der Waals surface area contributed by atoms with Gasteiger partial charge in [-0.15, -0.1) is 0 Å². The molecule has 0 radical (unpaired) electrons. The molecule has 3 nitrogen and oxygen atoms in total. The highest BCUT2D eigenvalue weighted by Crippen LogP contribution is 2.34. The van der Waals surface area contributed by atoms with E-state index in [1.807, 2.05) is 12.1 Å². The van der Waals surface area contributed by atoms with Crippen molar-refractivity contribution in [3.63, 3.8) is 0 Å². The summed E-state index contributed by atoms with van der Waals surface area (Å²) in [6.07, 6.45) is 0.770. The molecular formula is C13H19Cl2NO2. The van der Waals surface area contributed by atoms with Gasteiger partial charge >= 0.3 is 0 Å². The van der Waals surface area contributed by atoms with Gasteiger partial charge in [-0.25, -0.2) is 0 Å². The standard InChI is InChI=1S/C13H19Cl2NO2/c1-8(10(6-16)7-17)3-9-4-11(14)13(18-2)12(15)5-9/h4-5,8,10,17H,3,6-7,16H2,1-2H3. The smallest absolute Gasteiger partial charge is 0.156 e. The molecule has 2 atom stereocenters. The first-order valence-electron chi connectivity index (χ1n) is 5.86. The Kier molecular flexibility index (Phi) is 6.22. The number of ether oxygens (including phenoxy) is 1. The topological polar surface area (TPSA) is 55.5 Å². The highest BCUT2D eigenvalue weighted by Gasteiger charge is 2.17. The largest absolute Gasteiger partial charge is 0.494 e. The molecule has 0 fully saturated rings. The van der Waals surface area contributed by atoms with E-state index in [1.54, 1.807) is 0 Å². The Hall–Kier alpha value is -0.480. The summed E-state index contributed by atoms with van der Waals surface area (Å²) >= 11 is 12.2. The van der Waals surface area contributed by atoms with Gasteiger partial charge in [-0.05, 0) is 42.5 Å². The molecule has 0 bridgehead atoms. The highest BCUT2D eigenvalue weighted by atomic mass is 35.5. The zero-order valence-electron chi connectivity index (χ0n) is 10.6. The fourth-order valence-electron chi connectivity index (χ4n) is 1.95. The van der Waals surface area contributed by atoms with Gasteiger partial charge in [0.1, 0.15) is 0 Å². The molecule has 0 aliphatic heterocycles. The zero-order valence-corrected chi connectivity index (χ0v) is 12.1. The summed E-state index contributed by atoms with van der Waals surface area (Å²) in [5, 5.41) is 10.2. The van der Waals surface area contributed by atoms with Crippen LogP contribution in [0.5, 0.6) is 5.75 Å². The number of halogens is 2. The molecule has 0 spiro atoms. The van der Waals surface area contributed by atoms with Gasteiger partial charge in [-0.1, -0.05) is 30.1 Å². The number of aliphatic hydroxyl groups is 1. The van der Waals surface area contributed by atoms with Crippen LogP contribution in [0.15, 0.2) is 12.1 Å². The molecule has 0 heterocycles. The third-order valence-electron chi connectivity index (χ3n) is 3.16. The molecule has 5 heteroatoms. The van der Waals surface area contributed by atoms with Gasteiger partial charge in [0, 0.05) is 6.61 Å². The predicted octanol–water partition coefficient (Wildman–Crippen LogP) is 2.75. The van der Waals surface area contributed by atoms with Gasteiger partial charge in [0.15, 0.2) is 5.75 Å². The minimum absolute atomic E-state index is 0.0876. The highest BCUT2D eigenvalue weighted by molar-refractivity contribution is 6.37. The van der Waals surface area contributed by atoms with Crippen LogP contribution in [0, 0.1) is 11.8 Å². The van der Waals surface area contributed by atoms with Crippen LogP contribution in [0.3, 0.4) is 0 Å². The average molecular weight is 292 g/mol. The van der Waals surface area contributed by atoms with Crippen molar-refractivity contribution in [3.05, 3.63) is 27.7 Å². The number of rotatable bonds is 6. The Balaban J connectivity index is 2.85. The lowest BCUT2D eigenvalue weighted by atomic mass is 9.89. The quantitative estimate of drug-likeness (QED) is 0.847. The zero-order chi connectivity index (χ0) is 13.7. The lowest BCUT2D eigenvalue weighted by Gasteiger charge is -2.20. The molecule has 18 heavy (non-hydrogen) atoms. The van der Waals surface area contributed by atoms with Crippen LogP contribution in [0.1, 0.15) is 12.5 Å². The maximum Gasteiger partial charge on any atom is 0.156 e. The van der Waals surface area contributed by atoms with Crippen LogP contribution in [0.2, 0.25) is 10.0 Å². The van der Waals surface area contributed by atoms with E-state index in [9.17, 15) is 5.11 Å². The van der Waals surface area contributed by atoms with Crippen LogP contribution in [-0.4, -0.2) is 25.4 Å². The Labute approximate surface area is 118 Å². The van der Waals surface area contributed by atoms with Gasteiger partial charge in [-0.2, -0.15) is 0 Å². The van der Waals surface area contributed by atoms with Gasteiger partial charge < -0.3 is 15.6 Å². The van der Waals surface area contributed by atoms with E-state index >= 15 is 0 Å². The molecule has 0 aromatic heterocycles. The van der Waals surface area contributed by atoms with E-state index in [1.165, 1.54) is 7.11 Å². The van der Waals surface area contributed by atoms with Crippen LogP contribution >= 0.6 is 23.2 Å². The third kappa shape index (κ3) is 3.75. The number of nitrogens with two attached hydrogens (primary N) is 1. The second-order valence-corrected chi connectivity index (χ2v) is 5.27. The molecule has 1 rings (SSSR count). The lowest BCUT2D eigenvalue weighted by molar-refractivity contribution is 0.187. The number of hydrogen-bond acceptors (Lipinski definition) is 3. The number of aliphatic hydroxyl groups excluding tert-OH is 1. The van der Waals surface area contributed by atoms with Crippen LogP contribution in [0.4, 0.5) is 0 Å². The molecule has 2 unspecified atom stereocenters. The number of benzene rings is 1. The second kappa shape index (κ2) is 7.19. The van der Waals surface area contributed by atoms with Crippen molar-refractivity contribution in [1.29, 1.82) is 0 Å². The average Bonchev–Trinajstić information content (AvgIpc) is 2.30. The summed E-state index contributed by atoms with van der Waals surface area (Å²) in [5.41, 5.74) is 6.63. The van der Waals surface area contributed by atoms with E-state index in [0.29, 0.717) is 22.3 Å². The maximum atomic E-state index is 9.21. The van der Waals surface area contributed by atoms with Crippen molar-refractivity contribution in [2.24, 2.45) is 17.6 Å². The lowest BCUT2D eigenvalue weighted by Crippen LogP contribution is -2.26. The molecular weight excluding hydrogens is 273 g/mol. The number of methoxy groups -OCH3 is 1. The monoisotopic (exact) mass is 291 g/mol. The molecule has 0 saturated carbocycles. The van der Waals surface area contributed by atoms with E-state index < -0.39 is 0 Å². The van der Waals surface area contributed by atoms with Crippen molar-refractivity contribution in [2.75, 3.05) is 20.3 Å². The van der Waals surface area contributed by atoms with Crippen molar-refractivity contribution < 1.29 is 9.84 Å². The van der Waals surface area contributed by atoms with Crippen molar-refractivity contribution in [2.45, 2.75) is 13.3 Å².